The summed E-state index contributed by atoms with van der Waals surface area (Å²) >= 11 is 0. The minimum Gasteiger partial charge on any atom is -0.345 e. The molecule has 0 saturated carbocycles. The highest BCUT2D eigenvalue weighted by atomic mass is 16.1. The number of amides is 1. The third kappa shape index (κ3) is 3.46. The van der Waals surface area contributed by atoms with Gasteiger partial charge in [-0.1, -0.05) is 54.6 Å². The lowest BCUT2D eigenvalue weighted by Crippen LogP contribution is -2.28. The van der Waals surface area contributed by atoms with Crippen molar-refractivity contribution in [1.29, 1.82) is 0 Å². The maximum atomic E-state index is 12.3. The van der Waals surface area contributed by atoms with Crippen LogP contribution in [0.1, 0.15) is 28.4 Å². The van der Waals surface area contributed by atoms with Gasteiger partial charge in [-0.3, -0.25) is 4.79 Å². The van der Waals surface area contributed by atoms with Gasteiger partial charge in [0.1, 0.15) is 6.29 Å². The Morgan fingerprint density at radius 3 is 2.35 bits per heavy atom. The largest absolute Gasteiger partial charge is 0.345 e. The van der Waals surface area contributed by atoms with E-state index in [4.69, 9.17) is 0 Å². The Morgan fingerprint density at radius 1 is 0.913 bits per heavy atom. The van der Waals surface area contributed by atoms with Crippen molar-refractivity contribution in [2.45, 2.75) is 12.5 Å². The first-order valence-corrected chi connectivity index (χ1v) is 7.56. The predicted octanol–water partition coefficient (Wildman–Crippen LogP) is 3.90. The van der Waals surface area contributed by atoms with Crippen molar-refractivity contribution in [3.8, 4) is 0 Å². The summed E-state index contributed by atoms with van der Waals surface area (Å²) in [5.74, 6) is -0.175. The molecule has 3 heteroatoms. The highest BCUT2D eigenvalue weighted by Crippen LogP contribution is 2.22. The van der Waals surface area contributed by atoms with E-state index < -0.39 is 0 Å². The summed E-state index contributed by atoms with van der Waals surface area (Å²) in [5.41, 5.74) is 1.52. The summed E-state index contributed by atoms with van der Waals surface area (Å²) in [6.07, 6.45) is 1.09. The molecule has 3 nitrogen and oxygen atoms in total. The highest BCUT2D eigenvalue weighted by Gasteiger charge is 2.15. The zero-order valence-electron chi connectivity index (χ0n) is 12.6. The number of nitrogens with one attached hydrogen (secondary N) is 1. The van der Waals surface area contributed by atoms with Crippen molar-refractivity contribution in [1.82, 2.24) is 5.32 Å². The van der Waals surface area contributed by atoms with E-state index in [1.54, 1.807) is 12.1 Å². The highest BCUT2D eigenvalue weighted by molar-refractivity contribution is 5.94. The molecule has 0 unspecified atom stereocenters. The summed E-state index contributed by atoms with van der Waals surface area (Å²) in [4.78, 5) is 23.4. The van der Waals surface area contributed by atoms with Gasteiger partial charge in [-0.15, -0.1) is 0 Å². The molecule has 1 atom stereocenters. The van der Waals surface area contributed by atoms with Gasteiger partial charge >= 0.3 is 0 Å². The van der Waals surface area contributed by atoms with Crippen LogP contribution >= 0.6 is 0 Å². The van der Waals surface area contributed by atoms with E-state index >= 15 is 0 Å². The molecule has 114 valence electrons. The third-order valence-corrected chi connectivity index (χ3v) is 3.85. The van der Waals surface area contributed by atoms with Crippen LogP contribution in [0.2, 0.25) is 0 Å². The van der Waals surface area contributed by atoms with Gasteiger partial charge in [-0.05, 0) is 34.5 Å². The zero-order chi connectivity index (χ0) is 16.1. The SMILES string of the molecule is O=CC[C@H](NC(=O)c1ccccc1)c1ccc2ccccc2c1. The first kappa shape index (κ1) is 15.0. The molecule has 3 aromatic rings. The Kier molecular flexibility index (Phi) is 4.48. The van der Waals surface area contributed by atoms with Gasteiger partial charge in [0, 0.05) is 12.0 Å². The standard InChI is InChI=1S/C20H17NO2/c22-13-12-19(21-20(23)16-7-2-1-3-8-16)18-11-10-15-6-4-5-9-17(15)14-18/h1-11,13-14,19H,12H2,(H,21,23)/t19-/m0/s1. The Hall–Kier alpha value is -2.94. The van der Waals surface area contributed by atoms with Crippen LogP contribution in [0.15, 0.2) is 72.8 Å². The summed E-state index contributed by atoms with van der Waals surface area (Å²) in [6, 6.07) is 22.7. The van der Waals surface area contributed by atoms with E-state index in [-0.39, 0.29) is 18.4 Å². The molecule has 3 aromatic carbocycles. The fraction of sp³-hybridized carbons (Fsp3) is 0.100. The van der Waals surface area contributed by atoms with Crippen LogP contribution in [0.25, 0.3) is 10.8 Å². The zero-order valence-corrected chi connectivity index (χ0v) is 12.6. The second-order valence-electron chi connectivity index (χ2n) is 5.40. The van der Waals surface area contributed by atoms with Gasteiger partial charge in [-0.2, -0.15) is 0 Å². The topological polar surface area (TPSA) is 46.2 Å². The van der Waals surface area contributed by atoms with Crippen molar-refractivity contribution in [3.05, 3.63) is 83.9 Å². The van der Waals surface area contributed by atoms with E-state index in [0.717, 1.165) is 22.6 Å². The number of fused-ring (bicyclic) bond motifs is 1. The molecule has 0 bridgehead atoms. The first-order chi connectivity index (χ1) is 11.3. The van der Waals surface area contributed by atoms with Crippen molar-refractivity contribution in [2.24, 2.45) is 0 Å². The van der Waals surface area contributed by atoms with Crippen LogP contribution in [-0.2, 0) is 4.79 Å². The van der Waals surface area contributed by atoms with Crippen molar-refractivity contribution >= 4 is 23.0 Å². The number of hydrogen-bond donors (Lipinski definition) is 1. The molecule has 0 heterocycles. The molecule has 0 aliphatic carbocycles. The number of carbonyl (C=O) groups is 2. The number of benzene rings is 3. The maximum absolute atomic E-state index is 12.3. The molecule has 0 aliphatic heterocycles. The molecule has 1 amide bonds. The summed E-state index contributed by atoms with van der Waals surface area (Å²) in [6.45, 7) is 0. The summed E-state index contributed by atoms with van der Waals surface area (Å²) in [7, 11) is 0. The second-order valence-corrected chi connectivity index (χ2v) is 5.40. The van der Waals surface area contributed by atoms with Gasteiger partial charge in [0.05, 0.1) is 6.04 Å². The molecule has 3 rings (SSSR count). The van der Waals surface area contributed by atoms with Crippen LogP contribution < -0.4 is 5.32 Å². The minimum atomic E-state index is -0.329. The van der Waals surface area contributed by atoms with Crippen LogP contribution in [0, 0.1) is 0 Å². The van der Waals surface area contributed by atoms with Crippen molar-refractivity contribution < 1.29 is 9.59 Å². The van der Waals surface area contributed by atoms with Gasteiger partial charge in [0.2, 0.25) is 0 Å². The smallest absolute Gasteiger partial charge is 0.251 e. The number of aldehydes is 1. The lowest BCUT2D eigenvalue weighted by molar-refractivity contribution is -0.108. The number of carbonyl (C=O) groups excluding carboxylic acids is 2. The second kappa shape index (κ2) is 6.88. The van der Waals surface area contributed by atoms with Crippen LogP contribution in [0.3, 0.4) is 0 Å². The average molecular weight is 303 g/mol. The lowest BCUT2D eigenvalue weighted by Gasteiger charge is -2.17. The fourth-order valence-electron chi connectivity index (χ4n) is 2.63. The first-order valence-electron chi connectivity index (χ1n) is 7.56. The van der Waals surface area contributed by atoms with Crippen LogP contribution in [-0.4, -0.2) is 12.2 Å². The van der Waals surface area contributed by atoms with Gasteiger partial charge in [0.25, 0.3) is 5.91 Å². The Balaban J connectivity index is 1.88. The molecule has 0 saturated heterocycles. The van der Waals surface area contributed by atoms with Crippen molar-refractivity contribution in [2.75, 3.05) is 0 Å². The summed E-state index contributed by atoms with van der Waals surface area (Å²) in [5, 5.41) is 5.17. The predicted molar refractivity (Wildman–Crippen MR) is 91.3 cm³/mol. The van der Waals surface area contributed by atoms with E-state index in [1.165, 1.54) is 0 Å². The fourth-order valence-corrected chi connectivity index (χ4v) is 2.63. The quantitative estimate of drug-likeness (QED) is 0.727. The Bertz CT molecular complexity index is 827. The normalized spacial score (nSPS) is 11.8. The maximum Gasteiger partial charge on any atom is 0.251 e. The van der Waals surface area contributed by atoms with Crippen molar-refractivity contribution in [3.63, 3.8) is 0 Å². The molecule has 23 heavy (non-hydrogen) atoms. The molecular weight excluding hydrogens is 286 g/mol. The lowest BCUT2D eigenvalue weighted by atomic mass is 9.99. The summed E-state index contributed by atoms with van der Waals surface area (Å²) < 4.78 is 0. The van der Waals surface area contributed by atoms with Gasteiger partial charge < -0.3 is 10.1 Å². The van der Waals surface area contributed by atoms with E-state index in [9.17, 15) is 9.59 Å². The third-order valence-electron chi connectivity index (χ3n) is 3.85. The molecule has 0 aromatic heterocycles. The number of hydrogen-bond acceptors (Lipinski definition) is 2. The van der Waals surface area contributed by atoms with Crippen LogP contribution in [0.4, 0.5) is 0 Å². The minimum absolute atomic E-state index is 0.175. The molecule has 0 radical (unpaired) electrons. The van der Waals surface area contributed by atoms with E-state index in [1.807, 2.05) is 60.7 Å². The average Bonchev–Trinajstić information content (AvgIpc) is 2.61. The molecule has 0 fully saturated rings. The van der Waals surface area contributed by atoms with E-state index in [2.05, 4.69) is 5.32 Å². The van der Waals surface area contributed by atoms with E-state index in [0.29, 0.717) is 5.56 Å². The Morgan fingerprint density at radius 2 is 1.61 bits per heavy atom. The molecular formula is C20H17NO2. The van der Waals surface area contributed by atoms with Gasteiger partial charge in [-0.25, -0.2) is 0 Å². The molecule has 0 spiro atoms. The van der Waals surface area contributed by atoms with Gasteiger partial charge in [0.15, 0.2) is 0 Å². The monoisotopic (exact) mass is 303 g/mol. The number of rotatable bonds is 5. The molecule has 0 aliphatic rings. The Labute approximate surface area is 135 Å². The molecule has 1 N–H and O–H groups in total. The van der Waals surface area contributed by atoms with Crippen LogP contribution in [0.5, 0.6) is 0 Å².